The van der Waals surface area contributed by atoms with Crippen LogP contribution in [0.4, 0.5) is 30.5 Å². The zero-order valence-electron chi connectivity index (χ0n) is 21.2. The second-order valence-electron chi connectivity index (χ2n) is 8.81. The monoisotopic (exact) mass is 558 g/mol. The van der Waals surface area contributed by atoms with E-state index in [0.29, 0.717) is 34.5 Å². The number of benzene rings is 2. The van der Waals surface area contributed by atoms with E-state index in [1.807, 2.05) is 12.1 Å². The molecule has 0 aliphatic carbocycles. The van der Waals surface area contributed by atoms with Crippen molar-refractivity contribution in [3.8, 4) is 11.3 Å². The van der Waals surface area contributed by atoms with Crippen LogP contribution in [0.5, 0.6) is 0 Å². The Kier molecular flexibility index (Phi) is 7.17. The van der Waals surface area contributed by atoms with Crippen LogP contribution in [0.1, 0.15) is 21.5 Å². The lowest BCUT2D eigenvalue weighted by atomic mass is 10.1. The molecule has 5 rings (SSSR count). The summed E-state index contributed by atoms with van der Waals surface area (Å²) in [6.45, 7) is 3.77. The van der Waals surface area contributed by atoms with E-state index in [-0.39, 0.29) is 23.1 Å². The molecule has 206 valence electrons. The minimum atomic E-state index is -4.56. The predicted molar refractivity (Wildman–Crippen MR) is 147 cm³/mol. The van der Waals surface area contributed by atoms with Crippen molar-refractivity contribution in [2.45, 2.75) is 12.7 Å². The van der Waals surface area contributed by atoms with E-state index in [2.05, 4.69) is 32.2 Å². The number of rotatable bonds is 7. The smallest absolute Gasteiger partial charge is 0.383 e. The number of fused-ring (bicyclic) bond motifs is 1. The number of nitrogen functional groups attached to an aromatic ring is 1. The van der Waals surface area contributed by atoms with Crippen LogP contribution in [-0.2, 0) is 17.5 Å². The van der Waals surface area contributed by atoms with Gasteiger partial charge in [-0.1, -0.05) is 30.8 Å². The van der Waals surface area contributed by atoms with E-state index in [1.54, 1.807) is 28.9 Å². The van der Waals surface area contributed by atoms with E-state index in [9.17, 15) is 22.8 Å². The van der Waals surface area contributed by atoms with Crippen LogP contribution >= 0.6 is 0 Å². The molecule has 3 heterocycles. The maximum Gasteiger partial charge on any atom is 0.416 e. The average molecular weight is 559 g/mol. The molecule has 2 aromatic carbocycles. The van der Waals surface area contributed by atoms with Gasteiger partial charge in [-0.25, -0.2) is 19.6 Å². The highest BCUT2D eigenvalue weighted by atomic mass is 19.4. The summed E-state index contributed by atoms with van der Waals surface area (Å²) < 4.78 is 40.6. The Balaban J connectivity index is 1.39. The summed E-state index contributed by atoms with van der Waals surface area (Å²) in [6, 6.07) is 15.1. The molecule has 0 aliphatic heterocycles. The van der Waals surface area contributed by atoms with Crippen LogP contribution in [0.3, 0.4) is 0 Å². The second-order valence-corrected chi connectivity index (χ2v) is 8.81. The number of pyridine rings is 1. The Morgan fingerprint density at radius 2 is 1.71 bits per heavy atom. The molecule has 4 N–H and O–H groups in total. The number of nitrogens with two attached hydrogens (primary N) is 1. The first-order valence-corrected chi connectivity index (χ1v) is 12.1. The fourth-order valence-electron chi connectivity index (χ4n) is 4.05. The minimum absolute atomic E-state index is 0.199. The quantitative estimate of drug-likeness (QED) is 0.241. The summed E-state index contributed by atoms with van der Waals surface area (Å²) in [4.78, 5) is 36.4. The highest BCUT2D eigenvalue weighted by Gasteiger charge is 2.31. The highest BCUT2D eigenvalue weighted by Crippen LogP contribution is 2.32. The summed E-state index contributed by atoms with van der Waals surface area (Å²) in [6.07, 6.45) is -1.07. The number of hydrogen-bond acceptors (Lipinski definition) is 7. The summed E-state index contributed by atoms with van der Waals surface area (Å²) in [5.41, 5.74) is 8.55. The molecule has 0 aliphatic rings. The van der Waals surface area contributed by atoms with Gasteiger partial charge in [-0.2, -0.15) is 18.3 Å². The summed E-state index contributed by atoms with van der Waals surface area (Å²) >= 11 is 0. The molecular formula is C28H21F3N8O2. The van der Waals surface area contributed by atoms with E-state index >= 15 is 0 Å². The molecular weight excluding hydrogens is 537 g/mol. The molecule has 0 fully saturated rings. The van der Waals surface area contributed by atoms with Crippen LogP contribution < -0.4 is 16.4 Å². The van der Waals surface area contributed by atoms with Gasteiger partial charge in [-0.05, 0) is 48.0 Å². The molecule has 5 aromatic rings. The van der Waals surface area contributed by atoms with Crippen LogP contribution in [-0.4, -0.2) is 36.5 Å². The lowest BCUT2D eigenvalue weighted by Crippen LogP contribution is -2.14. The van der Waals surface area contributed by atoms with Crippen molar-refractivity contribution >= 4 is 40.2 Å². The number of nitrogens with zero attached hydrogens (tertiary/aromatic N) is 5. The lowest BCUT2D eigenvalue weighted by molar-refractivity contribution is -0.137. The Morgan fingerprint density at radius 3 is 2.39 bits per heavy atom. The Labute approximate surface area is 230 Å². The fraction of sp³-hybridized carbons (Fsp3) is 0.0714. The van der Waals surface area contributed by atoms with Gasteiger partial charge in [-0.3, -0.25) is 9.59 Å². The Bertz CT molecular complexity index is 1760. The lowest BCUT2D eigenvalue weighted by Gasteiger charge is -2.09. The van der Waals surface area contributed by atoms with Gasteiger partial charge < -0.3 is 16.4 Å². The number of carbonyl (C=O) groups excluding carboxylic acids is 2. The fourth-order valence-corrected chi connectivity index (χ4v) is 4.05. The minimum Gasteiger partial charge on any atom is -0.383 e. The average Bonchev–Trinajstić information content (AvgIpc) is 3.33. The van der Waals surface area contributed by atoms with Crippen LogP contribution in [0.25, 0.3) is 22.3 Å². The van der Waals surface area contributed by atoms with E-state index in [4.69, 9.17) is 10.8 Å². The summed E-state index contributed by atoms with van der Waals surface area (Å²) in [7, 11) is 0. The van der Waals surface area contributed by atoms with Crippen molar-refractivity contribution in [2.75, 3.05) is 16.4 Å². The van der Waals surface area contributed by atoms with Gasteiger partial charge in [0.25, 0.3) is 5.91 Å². The van der Waals surface area contributed by atoms with Crippen molar-refractivity contribution in [1.29, 1.82) is 0 Å². The molecule has 2 amide bonds. The van der Waals surface area contributed by atoms with Crippen molar-refractivity contribution in [3.05, 3.63) is 103 Å². The highest BCUT2D eigenvalue weighted by molar-refractivity contribution is 6.04. The molecule has 10 nitrogen and oxygen atoms in total. The van der Waals surface area contributed by atoms with Gasteiger partial charge in [0.2, 0.25) is 5.91 Å². The molecule has 0 saturated heterocycles. The predicted octanol–water partition coefficient (Wildman–Crippen LogP) is 4.91. The van der Waals surface area contributed by atoms with Gasteiger partial charge in [0.05, 0.1) is 17.5 Å². The number of anilines is 3. The largest absolute Gasteiger partial charge is 0.416 e. The van der Waals surface area contributed by atoms with Crippen LogP contribution in [0.15, 0.2) is 85.8 Å². The molecule has 41 heavy (non-hydrogen) atoms. The topological polar surface area (TPSA) is 141 Å². The number of carbonyl (C=O) groups is 2. The first-order valence-electron chi connectivity index (χ1n) is 12.1. The number of alkyl halides is 3. The number of nitrogens with one attached hydrogen (secondary N) is 2. The SMILES string of the molecule is C=CC(=O)Nc1ccc(Cn2nc(-c3ccc(C(=O)Nc4cc(C(F)(F)F)ccn4)cc3)c3c(N)ncnc32)cc1. The maximum atomic E-state index is 13.0. The zero-order valence-corrected chi connectivity index (χ0v) is 21.2. The summed E-state index contributed by atoms with van der Waals surface area (Å²) in [5, 5.41) is 10.3. The van der Waals surface area contributed by atoms with Crippen LogP contribution in [0.2, 0.25) is 0 Å². The maximum absolute atomic E-state index is 13.0. The van der Waals surface area contributed by atoms with E-state index in [0.717, 1.165) is 23.9 Å². The molecule has 0 unspecified atom stereocenters. The molecule has 13 heteroatoms. The molecule has 0 saturated carbocycles. The zero-order chi connectivity index (χ0) is 29.1. The first kappa shape index (κ1) is 27.0. The van der Waals surface area contributed by atoms with Gasteiger partial charge >= 0.3 is 6.18 Å². The summed E-state index contributed by atoms with van der Waals surface area (Å²) in [5.74, 6) is -0.950. The molecule has 3 aromatic heterocycles. The van der Waals surface area contributed by atoms with Gasteiger partial charge in [0.1, 0.15) is 23.7 Å². The molecule has 0 bridgehead atoms. The second kappa shape index (κ2) is 10.9. The van der Waals surface area contributed by atoms with Crippen molar-refractivity contribution in [2.24, 2.45) is 0 Å². The Morgan fingerprint density at radius 1 is 0.976 bits per heavy atom. The van der Waals surface area contributed by atoms with Crippen molar-refractivity contribution in [3.63, 3.8) is 0 Å². The first-order chi connectivity index (χ1) is 19.6. The third kappa shape index (κ3) is 5.88. The number of amides is 2. The third-order valence-electron chi connectivity index (χ3n) is 6.05. The van der Waals surface area contributed by atoms with E-state index in [1.165, 1.54) is 24.5 Å². The molecule has 0 atom stereocenters. The Hall–Kier alpha value is -5.59. The van der Waals surface area contributed by atoms with Crippen LogP contribution in [0, 0.1) is 0 Å². The van der Waals surface area contributed by atoms with Gasteiger partial charge in [-0.15, -0.1) is 0 Å². The number of hydrogen-bond donors (Lipinski definition) is 3. The molecule has 0 spiro atoms. The normalized spacial score (nSPS) is 11.3. The van der Waals surface area contributed by atoms with Crippen molar-refractivity contribution < 1.29 is 22.8 Å². The van der Waals surface area contributed by atoms with E-state index < -0.39 is 17.6 Å². The van der Waals surface area contributed by atoms with Gasteiger partial charge in [0.15, 0.2) is 5.65 Å². The number of halogens is 3. The number of aromatic nitrogens is 5. The third-order valence-corrected chi connectivity index (χ3v) is 6.05. The van der Waals surface area contributed by atoms with Crippen molar-refractivity contribution in [1.82, 2.24) is 24.7 Å². The molecule has 0 radical (unpaired) electrons. The van der Waals surface area contributed by atoms with Gasteiger partial charge in [0, 0.05) is 23.0 Å². The standard InChI is InChI=1S/C28H21F3N8O2/c1-2-22(40)36-20-9-3-16(4-10-20)14-39-26-23(25(32)34-15-35-26)24(38-39)17-5-7-18(8-6-17)27(41)37-21-13-19(11-12-33-21)28(29,30)31/h2-13,15H,1,14H2,(H,36,40)(H2,32,34,35)(H,33,37,41).